The fourth-order valence-corrected chi connectivity index (χ4v) is 6.16. The molecule has 5 heterocycles. The van der Waals surface area contributed by atoms with Crippen LogP contribution in [0.15, 0.2) is 50.9 Å². The number of aromatic nitrogens is 3. The molecule has 2 aliphatic rings. The number of fused-ring (bicyclic) bond motifs is 2. The molecule has 17 heteroatoms. The molecule has 208 valence electrons. The first kappa shape index (κ1) is 27.1. The molecule has 15 nitrogen and oxygen atoms in total. The summed E-state index contributed by atoms with van der Waals surface area (Å²) in [5.74, 6) is -4.33. The number of nitrogens with one attached hydrogen (secondary N) is 1. The maximum Gasteiger partial charge on any atom is 0.352 e. The molecule has 0 aliphatic carbocycles. The first-order valence-electron chi connectivity index (χ1n) is 11.6. The Labute approximate surface area is 233 Å². The highest BCUT2D eigenvalue weighted by molar-refractivity contribution is 8.00. The number of oxime groups is 1. The quantitative estimate of drug-likeness (QED) is 0.114. The van der Waals surface area contributed by atoms with Crippen molar-refractivity contribution in [2.24, 2.45) is 5.16 Å². The molecule has 0 saturated carbocycles. The van der Waals surface area contributed by atoms with Gasteiger partial charge >= 0.3 is 18.0 Å². The van der Waals surface area contributed by atoms with E-state index in [0.29, 0.717) is 11.3 Å². The first-order chi connectivity index (χ1) is 19.0. The number of rotatable bonds is 9. The number of nitrogens with two attached hydrogens (primary N) is 1. The number of thiophene rings is 1. The molecule has 2 amide bonds. The van der Waals surface area contributed by atoms with Crippen LogP contribution in [-0.2, 0) is 30.6 Å². The van der Waals surface area contributed by atoms with E-state index in [1.54, 1.807) is 11.3 Å². The van der Waals surface area contributed by atoms with E-state index in [-0.39, 0.29) is 18.3 Å². The van der Waals surface area contributed by atoms with Crippen LogP contribution < -0.4 is 15.6 Å². The van der Waals surface area contributed by atoms with Gasteiger partial charge in [0.15, 0.2) is 18.9 Å². The van der Waals surface area contributed by atoms with Crippen LogP contribution in [0, 0.1) is 0 Å². The zero-order valence-corrected chi connectivity index (χ0v) is 22.6. The Morgan fingerprint density at radius 1 is 1.35 bits per heavy atom. The number of hydrogen-bond donors (Lipinski definition) is 4. The first-order valence-corrected chi connectivity index (χ1v) is 13.6. The number of anilines is 1. The molecule has 1 fully saturated rings. The van der Waals surface area contributed by atoms with Gasteiger partial charge in [0.25, 0.3) is 11.8 Å². The average Bonchev–Trinajstić information content (AvgIpc) is 3.55. The summed E-state index contributed by atoms with van der Waals surface area (Å²) in [5, 5.41) is 31.2. The van der Waals surface area contributed by atoms with Gasteiger partial charge in [0.05, 0.1) is 4.70 Å². The summed E-state index contributed by atoms with van der Waals surface area (Å²) in [6, 6.07) is 2.43. The molecule has 0 aromatic carbocycles. The molecule has 0 bridgehead atoms. The van der Waals surface area contributed by atoms with Gasteiger partial charge < -0.3 is 30.6 Å². The average molecular weight is 589 g/mol. The molecule has 3 aromatic heterocycles. The van der Waals surface area contributed by atoms with Crippen LogP contribution in [-0.4, -0.2) is 77.5 Å². The minimum Gasteiger partial charge on any atom is -0.478 e. The fourth-order valence-electron chi connectivity index (χ4n) is 3.99. The van der Waals surface area contributed by atoms with Crippen molar-refractivity contribution < 1.29 is 43.3 Å². The van der Waals surface area contributed by atoms with Crippen molar-refractivity contribution in [3.8, 4) is 0 Å². The summed E-state index contributed by atoms with van der Waals surface area (Å²) in [7, 11) is 0. The van der Waals surface area contributed by atoms with Crippen LogP contribution in [0.4, 0.5) is 6.01 Å². The number of pyridine rings is 1. The molecule has 0 radical (unpaired) electrons. The molecule has 2 aliphatic heterocycles. The van der Waals surface area contributed by atoms with Crippen LogP contribution in [0.2, 0.25) is 0 Å². The third kappa shape index (κ3) is 4.95. The van der Waals surface area contributed by atoms with Gasteiger partial charge in [-0.25, -0.2) is 9.59 Å². The summed E-state index contributed by atoms with van der Waals surface area (Å²) in [4.78, 5) is 59.8. The van der Waals surface area contributed by atoms with Gasteiger partial charge in [0.1, 0.15) is 17.1 Å². The number of β-lactam (4-membered cyclic amide) rings is 1. The van der Waals surface area contributed by atoms with Crippen molar-refractivity contribution in [2.75, 3.05) is 11.5 Å². The predicted octanol–water partition coefficient (Wildman–Crippen LogP) is 0.177. The third-order valence-corrected chi connectivity index (χ3v) is 8.32. The maximum absolute atomic E-state index is 13.1. The number of carbonyl (C=O) groups excluding carboxylic acids is 2. The van der Waals surface area contributed by atoms with Crippen molar-refractivity contribution in [2.45, 2.75) is 37.4 Å². The van der Waals surface area contributed by atoms with Crippen molar-refractivity contribution in [1.82, 2.24) is 20.4 Å². The Hall–Kier alpha value is -4.51. The summed E-state index contributed by atoms with van der Waals surface area (Å²) in [6.45, 7) is 2.68. The van der Waals surface area contributed by atoms with E-state index in [1.165, 1.54) is 25.6 Å². The SMILES string of the molecule is CC(C)(O/N=C(/C(=O)NC1C(=O)N2C(C(=O)O)=C(C[n+]3ccc4ccsc4c3)CSC12)c1noc(N)n1)C(=O)O. The number of nitrogen functional groups attached to an aromatic ring is 1. The van der Waals surface area contributed by atoms with Crippen molar-refractivity contribution >= 4 is 68.7 Å². The standard InChI is InChI=1S/C23H21N7O8S2/c1-23(2,21(35)36)38-27-13(16-26-22(24)37-28-16)17(31)25-14-18(32)30-15(20(33)34)11(9-40-19(14)30)7-29-5-3-10-4-6-39-12(10)8-29/h3-6,8,14,19H,7,9H2,1-2H3,(H4-,24,25,26,28,31,33,34,35,36)/p+1/b27-13+. The Morgan fingerprint density at radius 3 is 2.80 bits per heavy atom. The van der Waals surface area contributed by atoms with Gasteiger partial charge in [0, 0.05) is 22.8 Å². The monoisotopic (exact) mass is 588 g/mol. The van der Waals surface area contributed by atoms with E-state index in [1.807, 2.05) is 34.5 Å². The number of amides is 2. The number of hydrogen-bond acceptors (Lipinski definition) is 12. The second kappa shape index (κ2) is 10.2. The van der Waals surface area contributed by atoms with E-state index in [2.05, 4.69) is 25.1 Å². The third-order valence-electron chi connectivity index (χ3n) is 6.11. The summed E-state index contributed by atoms with van der Waals surface area (Å²) >= 11 is 2.86. The molecule has 0 spiro atoms. The zero-order valence-electron chi connectivity index (χ0n) is 20.9. The van der Waals surface area contributed by atoms with Gasteiger partial charge in [-0.15, -0.1) is 23.1 Å². The Bertz CT molecular complexity index is 1610. The number of nitrogens with zero attached hydrogens (tertiary/aromatic N) is 5. The lowest BCUT2D eigenvalue weighted by molar-refractivity contribution is -0.687. The van der Waals surface area contributed by atoms with E-state index in [0.717, 1.165) is 15.0 Å². The topological polar surface area (TPSA) is 214 Å². The van der Waals surface area contributed by atoms with Gasteiger partial charge in [0.2, 0.25) is 17.1 Å². The second-order valence-corrected chi connectivity index (χ2v) is 11.3. The minimum absolute atomic E-state index is 0.135. The van der Waals surface area contributed by atoms with Crippen molar-refractivity contribution in [3.05, 3.63) is 47.0 Å². The van der Waals surface area contributed by atoms with E-state index in [9.17, 15) is 29.4 Å². The summed E-state index contributed by atoms with van der Waals surface area (Å²) in [5.41, 5.74) is 3.45. The number of carbonyl (C=O) groups is 4. The van der Waals surface area contributed by atoms with Crippen LogP contribution >= 0.6 is 23.1 Å². The molecular formula is C23H22N7O8S2+. The highest BCUT2D eigenvalue weighted by Gasteiger charge is 2.55. The number of carboxylic acids is 2. The Morgan fingerprint density at radius 2 is 2.12 bits per heavy atom. The predicted molar refractivity (Wildman–Crippen MR) is 140 cm³/mol. The maximum atomic E-state index is 13.1. The number of carboxylic acid groups (broad SMARTS) is 2. The van der Waals surface area contributed by atoms with Gasteiger partial charge in [-0.3, -0.25) is 14.5 Å². The van der Waals surface area contributed by atoms with Gasteiger partial charge in [-0.1, -0.05) is 10.3 Å². The highest BCUT2D eigenvalue weighted by atomic mass is 32.2. The molecule has 40 heavy (non-hydrogen) atoms. The Kier molecular flexibility index (Phi) is 6.92. The lowest BCUT2D eigenvalue weighted by Crippen LogP contribution is -2.71. The molecule has 2 atom stereocenters. The van der Waals surface area contributed by atoms with E-state index < -0.39 is 52.3 Å². The van der Waals surface area contributed by atoms with Gasteiger partial charge in [-0.05, 0) is 25.3 Å². The molecule has 2 unspecified atom stereocenters. The molecule has 5 rings (SSSR count). The molecular weight excluding hydrogens is 566 g/mol. The minimum atomic E-state index is -1.81. The summed E-state index contributed by atoms with van der Waals surface area (Å²) in [6.07, 6.45) is 3.77. The molecule has 5 N–H and O–H groups in total. The number of aliphatic carboxylic acids is 2. The number of thioether (sulfide) groups is 1. The van der Waals surface area contributed by atoms with Crippen LogP contribution in [0.3, 0.4) is 0 Å². The summed E-state index contributed by atoms with van der Waals surface area (Å²) < 4.78 is 7.58. The molecule has 1 saturated heterocycles. The fraction of sp³-hybridized carbons (Fsp3) is 0.304. The molecule has 3 aromatic rings. The van der Waals surface area contributed by atoms with Crippen molar-refractivity contribution in [3.63, 3.8) is 0 Å². The normalized spacial score (nSPS) is 19.3. The Balaban J connectivity index is 1.36. The van der Waals surface area contributed by atoms with Crippen LogP contribution in [0.25, 0.3) is 10.1 Å². The van der Waals surface area contributed by atoms with Crippen LogP contribution in [0.1, 0.15) is 19.7 Å². The highest BCUT2D eigenvalue weighted by Crippen LogP contribution is 2.40. The lowest BCUT2D eigenvalue weighted by atomic mass is 10.0. The second-order valence-electron chi connectivity index (χ2n) is 9.28. The van der Waals surface area contributed by atoms with Gasteiger partial charge in [-0.2, -0.15) is 9.55 Å². The smallest absolute Gasteiger partial charge is 0.352 e. The zero-order chi connectivity index (χ0) is 28.8. The van der Waals surface area contributed by atoms with Crippen molar-refractivity contribution in [1.29, 1.82) is 0 Å². The van der Waals surface area contributed by atoms with E-state index >= 15 is 0 Å². The lowest BCUT2D eigenvalue weighted by Gasteiger charge is -2.49. The van der Waals surface area contributed by atoms with E-state index in [4.69, 9.17) is 10.6 Å². The largest absolute Gasteiger partial charge is 0.478 e. The van der Waals surface area contributed by atoms with Crippen LogP contribution in [0.5, 0.6) is 0 Å².